The van der Waals surface area contributed by atoms with E-state index in [1.807, 2.05) is 6.07 Å². The first-order chi connectivity index (χ1) is 12.0. The van der Waals surface area contributed by atoms with Crippen molar-refractivity contribution in [3.63, 3.8) is 0 Å². The Kier molecular flexibility index (Phi) is 9.88. The van der Waals surface area contributed by atoms with Gasteiger partial charge in [0.2, 0.25) is 10.0 Å². The van der Waals surface area contributed by atoms with Gasteiger partial charge in [0.15, 0.2) is 5.96 Å². The summed E-state index contributed by atoms with van der Waals surface area (Å²) in [6.45, 7) is 6.21. The van der Waals surface area contributed by atoms with Crippen LogP contribution >= 0.6 is 24.0 Å². The number of halogens is 1. The van der Waals surface area contributed by atoms with Crippen molar-refractivity contribution in [2.75, 3.05) is 26.7 Å². The molecule has 8 heteroatoms. The van der Waals surface area contributed by atoms with Crippen LogP contribution in [0.25, 0.3) is 0 Å². The lowest BCUT2D eigenvalue weighted by atomic mass is 9.98. The third-order valence-corrected chi connectivity index (χ3v) is 6.64. The Morgan fingerprint density at radius 2 is 1.88 bits per heavy atom. The van der Waals surface area contributed by atoms with Gasteiger partial charge in [0.05, 0.1) is 4.90 Å². The molecule has 6 nitrogen and oxygen atoms in total. The van der Waals surface area contributed by atoms with E-state index in [1.165, 1.54) is 0 Å². The van der Waals surface area contributed by atoms with Crippen molar-refractivity contribution < 1.29 is 8.42 Å². The zero-order valence-corrected chi connectivity index (χ0v) is 19.0. The molecule has 1 saturated heterocycles. The molecule has 0 saturated carbocycles. The third-order valence-electron chi connectivity index (χ3n) is 4.73. The number of piperidine rings is 1. The first kappa shape index (κ1) is 23.2. The van der Waals surface area contributed by atoms with Crippen LogP contribution in [0.15, 0.2) is 40.2 Å². The summed E-state index contributed by atoms with van der Waals surface area (Å²) in [6.07, 6.45) is 2.76. The lowest BCUT2D eigenvalue weighted by Crippen LogP contribution is -2.46. The summed E-state index contributed by atoms with van der Waals surface area (Å²) in [7, 11) is -1.59. The van der Waals surface area contributed by atoms with E-state index < -0.39 is 10.0 Å². The van der Waals surface area contributed by atoms with Crippen molar-refractivity contribution >= 4 is 40.0 Å². The third kappa shape index (κ3) is 6.38. The zero-order valence-electron chi connectivity index (χ0n) is 15.8. The highest BCUT2D eigenvalue weighted by atomic mass is 127. The van der Waals surface area contributed by atoms with Gasteiger partial charge in [0, 0.05) is 32.7 Å². The Labute approximate surface area is 174 Å². The molecule has 1 aromatic carbocycles. The van der Waals surface area contributed by atoms with E-state index in [9.17, 15) is 8.42 Å². The summed E-state index contributed by atoms with van der Waals surface area (Å²) in [4.78, 5) is 4.62. The summed E-state index contributed by atoms with van der Waals surface area (Å²) in [5.41, 5.74) is 0. The second-order valence-corrected chi connectivity index (χ2v) is 8.51. The van der Waals surface area contributed by atoms with Gasteiger partial charge in [-0.25, -0.2) is 8.42 Å². The quantitative estimate of drug-likeness (QED) is 0.363. The Hall–Kier alpha value is -0.870. The molecule has 0 spiro atoms. The minimum absolute atomic E-state index is 0. The summed E-state index contributed by atoms with van der Waals surface area (Å²) in [6, 6.07) is 9.06. The number of nitrogens with one attached hydrogen (secondary N) is 2. The second-order valence-electron chi connectivity index (χ2n) is 6.57. The van der Waals surface area contributed by atoms with Crippen LogP contribution in [0.2, 0.25) is 0 Å². The van der Waals surface area contributed by atoms with Gasteiger partial charge in [-0.15, -0.1) is 24.0 Å². The molecule has 0 aliphatic carbocycles. The minimum Gasteiger partial charge on any atom is -0.356 e. The van der Waals surface area contributed by atoms with Crippen molar-refractivity contribution in [3.05, 3.63) is 30.3 Å². The highest BCUT2D eigenvalue weighted by molar-refractivity contribution is 14.0. The normalized spacial score (nSPS) is 18.0. The average molecular weight is 494 g/mol. The molecule has 1 heterocycles. The smallest absolute Gasteiger partial charge is 0.243 e. The fourth-order valence-corrected chi connectivity index (χ4v) is 4.36. The maximum atomic E-state index is 12.6. The van der Waals surface area contributed by atoms with Crippen molar-refractivity contribution in [2.24, 2.45) is 10.9 Å². The average Bonchev–Trinajstić information content (AvgIpc) is 2.65. The van der Waals surface area contributed by atoms with Crippen LogP contribution in [0.5, 0.6) is 0 Å². The van der Waals surface area contributed by atoms with Crippen LogP contribution in [0.1, 0.15) is 33.1 Å². The number of benzene rings is 1. The van der Waals surface area contributed by atoms with Gasteiger partial charge in [0.25, 0.3) is 0 Å². The van der Waals surface area contributed by atoms with Crippen LogP contribution in [-0.2, 0) is 10.0 Å². The number of aliphatic imine (C=N–C) groups is 1. The number of rotatable bonds is 6. The van der Waals surface area contributed by atoms with Crippen molar-refractivity contribution in [3.8, 4) is 0 Å². The van der Waals surface area contributed by atoms with Gasteiger partial charge >= 0.3 is 0 Å². The number of sulfonamides is 1. The predicted octanol–water partition coefficient (Wildman–Crippen LogP) is 2.67. The van der Waals surface area contributed by atoms with E-state index in [-0.39, 0.29) is 24.0 Å². The molecule has 2 rings (SSSR count). The Morgan fingerprint density at radius 1 is 1.27 bits per heavy atom. The second kappa shape index (κ2) is 11.1. The minimum atomic E-state index is -3.36. The molecule has 0 amide bonds. The molecule has 0 radical (unpaired) electrons. The molecule has 2 N–H and O–H groups in total. The topological polar surface area (TPSA) is 73.8 Å². The first-order valence-electron chi connectivity index (χ1n) is 8.99. The molecular weight excluding hydrogens is 463 g/mol. The van der Waals surface area contributed by atoms with Gasteiger partial charge in [-0.05, 0) is 44.2 Å². The Bertz CT molecular complexity index is 659. The number of hydrogen-bond donors (Lipinski definition) is 2. The number of nitrogens with zero attached hydrogens (tertiary/aromatic N) is 2. The lowest BCUT2D eigenvalue weighted by Gasteiger charge is -2.31. The SMILES string of the molecule is CCC(C)NC(=NC)NCC1CCN(S(=O)(=O)c2ccccc2)CC1.I. The summed E-state index contributed by atoms with van der Waals surface area (Å²) in [5.74, 6) is 1.27. The number of hydrogen-bond acceptors (Lipinski definition) is 3. The largest absolute Gasteiger partial charge is 0.356 e. The molecule has 26 heavy (non-hydrogen) atoms. The maximum Gasteiger partial charge on any atom is 0.243 e. The van der Waals surface area contributed by atoms with E-state index in [2.05, 4.69) is 29.5 Å². The van der Waals surface area contributed by atoms with E-state index in [0.29, 0.717) is 29.9 Å². The van der Waals surface area contributed by atoms with Gasteiger partial charge < -0.3 is 10.6 Å². The summed E-state index contributed by atoms with van der Waals surface area (Å²) >= 11 is 0. The van der Waals surface area contributed by atoms with Crippen LogP contribution in [0.4, 0.5) is 0 Å². The van der Waals surface area contributed by atoms with Crippen LogP contribution in [0.3, 0.4) is 0 Å². The molecule has 0 bridgehead atoms. The molecule has 1 unspecified atom stereocenters. The van der Waals surface area contributed by atoms with Crippen molar-refractivity contribution in [1.29, 1.82) is 0 Å². The standard InChI is InChI=1S/C18H30N4O2S.HI/c1-4-15(2)21-18(19-3)20-14-16-10-12-22(13-11-16)25(23,24)17-8-6-5-7-9-17;/h5-9,15-16H,4,10-14H2,1-3H3,(H2,19,20,21);1H. The lowest BCUT2D eigenvalue weighted by molar-refractivity contribution is 0.273. The molecular formula is C18H31IN4O2S. The van der Waals surface area contributed by atoms with Crippen molar-refractivity contribution in [2.45, 2.75) is 44.0 Å². The highest BCUT2D eigenvalue weighted by Crippen LogP contribution is 2.23. The zero-order chi connectivity index (χ0) is 18.3. The van der Waals surface area contributed by atoms with Crippen LogP contribution in [0, 0.1) is 5.92 Å². The molecule has 148 valence electrons. The van der Waals surface area contributed by atoms with Crippen LogP contribution in [-0.4, -0.2) is 51.4 Å². The highest BCUT2D eigenvalue weighted by Gasteiger charge is 2.29. The Balaban J connectivity index is 0.00000338. The first-order valence-corrected chi connectivity index (χ1v) is 10.4. The molecule has 1 fully saturated rings. The fraction of sp³-hybridized carbons (Fsp3) is 0.611. The van der Waals surface area contributed by atoms with E-state index in [0.717, 1.165) is 31.8 Å². The van der Waals surface area contributed by atoms with Crippen LogP contribution < -0.4 is 10.6 Å². The van der Waals surface area contributed by atoms with Gasteiger partial charge in [0.1, 0.15) is 0 Å². The monoisotopic (exact) mass is 494 g/mol. The summed E-state index contributed by atoms with van der Waals surface area (Å²) < 4.78 is 26.9. The van der Waals surface area contributed by atoms with Gasteiger partial charge in [-0.2, -0.15) is 4.31 Å². The maximum absolute atomic E-state index is 12.6. The van der Waals surface area contributed by atoms with Gasteiger partial charge in [-0.3, -0.25) is 4.99 Å². The van der Waals surface area contributed by atoms with Crippen molar-refractivity contribution in [1.82, 2.24) is 14.9 Å². The van der Waals surface area contributed by atoms with E-state index >= 15 is 0 Å². The Morgan fingerprint density at radius 3 is 2.42 bits per heavy atom. The number of guanidine groups is 1. The van der Waals surface area contributed by atoms with E-state index in [1.54, 1.807) is 35.6 Å². The fourth-order valence-electron chi connectivity index (χ4n) is 2.87. The molecule has 0 aromatic heterocycles. The van der Waals surface area contributed by atoms with E-state index in [4.69, 9.17) is 0 Å². The molecule has 1 aromatic rings. The predicted molar refractivity (Wildman–Crippen MR) is 118 cm³/mol. The molecule has 1 atom stereocenters. The van der Waals surface area contributed by atoms with Gasteiger partial charge in [-0.1, -0.05) is 25.1 Å². The molecule has 1 aliphatic rings. The summed E-state index contributed by atoms with van der Waals surface area (Å²) in [5, 5.41) is 6.70. The molecule has 1 aliphatic heterocycles.